The summed E-state index contributed by atoms with van der Waals surface area (Å²) in [7, 11) is 0. The number of rotatable bonds is 3. The van der Waals surface area contributed by atoms with Crippen molar-refractivity contribution in [1.29, 1.82) is 0 Å². The van der Waals surface area contributed by atoms with E-state index in [0.29, 0.717) is 10.9 Å². The number of para-hydroxylation sites is 1. The van der Waals surface area contributed by atoms with Gasteiger partial charge in [-0.3, -0.25) is 4.57 Å². The van der Waals surface area contributed by atoms with Crippen LogP contribution in [0, 0.1) is 0 Å². The topological polar surface area (TPSA) is 17.8 Å². The molecule has 102 valence electrons. The Morgan fingerprint density at radius 1 is 1.10 bits per heavy atom. The lowest BCUT2D eigenvalue weighted by molar-refractivity contribution is 0.979. The molecule has 0 fully saturated rings. The highest BCUT2D eigenvalue weighted by Crippen LogP contribution is 2.28. The predicted octanol–water partition coefficient (Wildman–Crippen LogP) is 4.98. The zero-order chi connectivity index (χ0) is 14.1. The van der Waals surface area contributed by atoms with Gasteiger partial charge >= 0.3 is 0 Å². The molecule has 0 saturated heterocycles. The normalized spacial score (nSPS) is 11.2. The molecule has 0 N–H and O–H groups in total. The average molecular weight is 305 g/mol. The zero-order valence-electron chi connectivity index (χ0n) is 11.1. The van der Waals surface area contributed by atoms with Crippen LogP contribution in [0.3, 0.4) is 0 Å². The van der Waals surface area contributed by atoms with Gasteiger partial charge in [-0.25, -0.2) is 4.98 Å². The fourth-order valence-corrected chi connectivity index (χ4v) is 2.82. The number of benzene rings is 2. The summed E-state index contributed by atoms with van der Waals surface area (Å²) in [4.78, 5) is 4.56. The minimum Gasteiger partial charge on any atom is -0.294 e. The van der Waals surface area contributed by atoms with E-state index in [9.17, 15) is 0 Å². The lowest BCUT2D eigenvalue weighted by Gasteiger charge is -2.09. The zero-order valence-corrected chi connectivity index (χ0v) is 12.6. The van der Waals surface area contributed by atoms with E-state index in [4.69, 9.17) is 23.2 Å². The molecule has 0 saturated carbocycles. The van der Waals surface area contributed by atoms with Crippen molar-refractivity contribution in [3.8, 4) is 5.69 Å². The summed E-state index contributed by atoms with van der Waals surface area (Å²) in [6.07, 6.45) is 1.02. The maximum absolute atomic E-state index is 6.34. The van der Waals surface area contributed by atoms with Crippen molar-refractivity contribution in [3.63, 3.8) is 0 Å². The van der Waals surface area contributed by atoms with Crippen LogP contribution in [0.2, 0.25) is 5.02 Å². The van der Waals surface area contributed by atoms with Crippen molar-refractivity contribution in [1.82, 2.24) is 9.55 Å². The average Bonchev–Trinajstić information content (AvgIpc) is 2.87. The second-order valence-electron chi connectivity index (χ2n) is 4.62. The van der Waals surface area contributed by atoms with E-state index in [1.54, 1.807) is 0 Å². The molecule has 3 rings (SSSR count). The molecule has 0 aliphatic rings. The van der Waals surface area contributed by atoms with Gasteiger partial charge in [-0.1, -0.05) is 36.7 Å². The SMILES string of the molecule is CCc1ccc(-n2c(CCl)nc3cccc(Cl)c32)cc1. The van der Waals surface area contributed by atoms with Gasteiger partial charge in [0, 0.05) is 5.69 Å². The molecule has 0 unspecified atom stereocenters. The Bertz CT molecular complexity index is 745. The maximum atomic E-state index is 6.34. The third-order valence-corrected chi connectivity index (χ3v) is 3.96. The molecule has 20 heavy (non-hydrogen) atoms. The Morgan fingerprint density at radius 3 is 2.50 bits per heavy atom. The van der Waals surface area contributed by atoms with Crippen molar-refractivity contribution >= 4 is 34.2 Å². The van der Waals surface area contributed by atoms with E-state index < -0.39 is 0 Å². The molecule has 0 bridgehead atoms. The molecule has 1 aromatic heterocycles. The Labute approximate surface area is 128 Å². The number of imidazole rings is 1. The van der Waals surface area contributed by atoms with Crippen LogP contribution < -0.4 is 0 Å². The fourth-order valence-electron chi connectivity index (χ4n) is 2.38. The summed E-state index contributed by atoms with van der Waals surface area (Å²) in [5, 5.41) is 0.686. The van der Waals surface area contributed by atoms with Crippen LogP contribution in [0.1, 0.15) is 18.3 Å². The van der Waals surface area contributed by atoms with Gasteiger partial charge in [0.05, 0.1) is 21.9 Å². The molecular formula is C16H14Cl2N2. The number of hydrogen-bond acceptors (Lipinski definition) is 1. The molecule has 2 aromatic carbocycles. The number of halogens is 2. The van der Waals surface area contributed by atoms with Crippen LogP contribution in [0.4, 0.5) is 0 Å². The number of fused-ring (bicyclic) bond motifs is 1. The van der Waals surface area contributed by atoms with Gasteiger partial charge in [-0.05, 0) is 36.2 Å². The van der Waals surface area contributed by atoms with E-state index >= 15 is 0 Å². The number of aromatic nitrogens is 2. The summed E-state index contributed by atoms with van der Waals surface area (Å²) >= 11 is 12.4. The first kappa shape index (κ1) is 13.5. The minimum atomic E-state index is 0.348. The largest absolute Gasteiger partial charge is 0.294 e. The first-order chi connectivity index (χ1) is 9.74. The standard InChI is InChI=1S/C16H14Cl2N2/c1-2-11-6-8-12(9-7-11)20-15(10-17)19-14-5-3-4-13(18)16(14)20/h3-9H,2,10H2,1H3. The van der Waals surface area contributed by atoms with Gasteiger partial charge in [0.15, 0.2) is 0 Å². The summed E-state index contributed by atoms with van der Waals surface area (Å²) in [5.74, 6) is 1.15. The predicted molar refractivity (Wildman–Crippen MR) is 85.0 cm³/mol. The van der Waals surface area contributed by atoms with E-state index in [-0.39, 0.29) is 0 Å². The highest BCUT2D eigenvalue weighted by molar-refractivity contribution is 6.35. The smallest absolute Gasteiger partial charge is 0.129 e. The van der Waals surface area contributed by atoms with Gasteiger partial charge in [0.2, 0.25) is 0 Å². The van der Waals surface area contributed by atoms with Crippen LogP contribution in [-0.2, 0) is 12.3 Å². The highest BCUT2D eigenvalue weighted by atomic mass is 35.5. The summed E-state index contributed by atoms with van der Waals surface area (Å²) < 4.78 is 2.03. The first-order valence-corrected chi connectivity index (χ1v) is 7.47. The van der Waals surface area contributed by atoms with Crippen molar-refractivity contribution in [2.24, 2.45) is 0 Å². The van der Waals surface area contributed by atoms with Gasteiger partial charge in [-0.15, -0.1) is 11.6 Å². The maximum Gasteiger partial charge on any atom is 0.129 e. The lowest BCUT2D eigenvalue weighted by Crippen LogP contribution is -1.99. The molecule has 0 atom stereocenters. The van der Waals surface area contributed by atoms with Gasteiger partial charge in [0.25, 0.3) is 0 Å². The molecule has 0 radical (unpaired) electrons. The molecule has 3 aromatic rings. The van der Waals surface area contributed by atoms with Crippen molar-refractivity contribution < 1.29 is 0 Å². The third-order valence-electron chi connectivity index (χ3n) is 3.42. The number of hydrogen-bond donors (Lipinski definition) is 0. The number of nitrogens with zero attached hydrogens (tertiary/aromatic N) is 2. The van der Waals surface area contributed by atoms with Crippen LogP contribution in [0.15, 0.2) is 42.5 Å². The van der Waals surface area contributed by atoms with Crippen LogP contribution in [0.5, 0.6) is 0 Å². The molecule has 0 amide bonds. The van der Waals surface area contributed by atoms with E-state index in [1.807, 2.05) is 22.8 Å². The van der Waals surface area contributed by atoms with Crippen molar-refractivity contribution in [2.45, 2.75) is 19.2 Å². The lowest BCUT2D eigenvalue weighted by atomic mass is 10.1. The van der Waals surface area contributed by atoms with E-state index in [2.05, 4.69) is 36.2 Å². The molecule has 0 spiro atoms. The van der Waals surface area contributed by atoms with Crippen molar-refractivity contribution in [3.05, 3.63) is 58.9 Å². The van der Waals surface area contributed by atoms with E-state index in [1.165, 1.54) is 5.56 Å². The molecular weight excluding hydrogens is 291 g/mol. The van der Waals surface area contributed by atoms with E-state index in [0.717, 1.165) is 29.0 Å². The third kappa shape index (κ3) is 2.19. The van der Waals surface area contributed by atoms with Crippen LogP contribution in [-0.4, -0.2) is 9.55 Å². The number of aryl methyl sites for hydroxylation is 1. The fraction of sp³-hybridized carbons (Fsp3) is 0.188. The van der Waals surface area contributed by atoms with Gasteiger partial charge < -0.3 is 0 Å². The Hall–Kier alpha value is -1.51. The van der Waals surface area contributed by atoms with Crippen LogP contribution in [0.25, 0.3) is 16.7 Å². The number of alkyl halides is 1. The molecule has 0 aliphatic carbocycles. The Morgan fingerprint density at radius 2 is 1.85 bits per heavy atom. The van der Waals surface area contributed by atoms with Gasteiger partial charge in [0.1, 0.15) is 5.82 Å². The summed E-state index contributed by atoms with van der Waals surface area (Å²) in [5.41, 5.74) is 4.12. The van der Waals surface area contributed by atoms with Crippen LogP contribution >= 0.6 is 23.2 Å². The minimum absolute atomic E-state index is 0.348. The first-order valence-electron chi connectivity index (χ1n) is 6.55. The quantitative estimate of drug-likeness (QED) is 0.624. The summed E-state index contributed by atoms with van der Waals surface area (Å²) in [6, 6.07) is 14.1. The monoisotopic (exact) mass is 304 g/mol. The highest BCUT2D eigenvalue weighted by Gasteiger charge is 2.14. The van der Waals surface area contributed by atoms with Gasteiger partial charge in [-0.2, -0.15) is 0 Å². The summed E-state index contributed by atoms with van der Waals surface area (Å²) in [6.45, 7) is 2.14. The molecule has 0 aliphatic heterocycles. The molecule has 2 nitrogen and oxygen atoms in total. The molecule has 1 heterocycles. The second-order valence-corrected chi connectivity index (χ2v) is 5.30. The Kier molecular flexibility index (Phi) is 3.68. The Balaban J connectivity index is 2.27. The molecule has 4 heteroatoms. The second kappa shape index (κ2) is 5.47. The van der Waals surface area contributed by atoms with Crippen molar-refractivity contribution in [2.75, 3.05) is 0 Å².